The van der Waals surface area contributed by atoms with Gasteiger partial charge in [0.25, 0.3) is 0 Å². The molecule has 0 unspecified atom stereocenters. The van der Waals surface area contributed by atoms with Crippen LogP contribution in [0.25, 0.3) is 0 Å². The molecule has 15 heavy (non-hydrogen) atoms. The largest absolute Gasteiger partial charge is 0.299 e. The summed E-state index contributed by atoms with van der Waals surface area (Å²) in [5, 5.41) is 0.519. The lowest BCUT2D eigenvalue weighted by Gasteiger charge is -2.02. The average Bonchev–Trinajstić information content (AvgIpc) is 3.02. The van der Waals surface area contributed by atoms with Crippen molar-refractivity contribution in [1.29, 1.82) is 0 Å². The van der Waals surface area contributed by atoms with Gasteiger partial charge in [-0.1, -0.05) is 11.6 Å². The van der Waals surface area contributed by atoms with Crippen LogP contribution in [0.5, 0.6) is 0 Å². The van der Waals surface area contributed by atoms with Gasteiger partial charge in [0.2, 0.25) is 0 Å². The molecule has 0 radical (unpaired) electrons. The summed E-state index contributed by atoms with van der Waals surface area (Å²) in [4.78, 5) is 11.4. The third-order valence-corrected chi connectivity index (χ3v) is 2.92. The van der Waals surface area contributed by atoms with E-state index in [1.54, 1.807) is 6.07 Å². The Morgan fingerprint density at radius 2 is 2.20 bits per heavy atom. The Labute approximate surface area is 93.2 Å². The summed E-state index contributed by atoms with van der Waals surface area (Å²) < 4.78 is 13.3. The molecule has 2 rings (SSSR count). The highest BCUT2D eigenvalue weighted by Gasteiger charge is 2.28. The molecule has 0 atom stereocenters. The lowest BCUT2D eigenvalue weighted by atomic mass is 10.1. The van der Waals surface area contributed by atoms with Crippen molar-refractivity contribution in [3.8, 4) is 0 Å². The van der Waals surface area contributed by atoms with Crippen LogP contribution in [0.4, 0.5) is 4.39 Å². The Hall–Kier alpha value is -0.890. The molecule has 1 fully saturated rings. The molecule has 1 nitrogen and oxygen atoms in total. The van der Waals surface area contributed by atoms with Crippen molar-refractivity contribution in [2.75, 3.05) is 0 Å². The number of ketones is 1. The molecule has 0 aliphatic heterocycles. The number of halogens is 2. The average molecular weight is 227 g/mol. The van der Waals surface area contributed by atoms with E-state index in [0.717, 1.165) is 12.8 Å². The zero-order valence-electron chi connectivity index (χ0n) is 8.30. The number of aryl methyl sites for hydroxylation is 1. The first-order valence-corrected chi connectivity index (χ1v) is 5.51. The highest BCUT2D eigenvalue weighted by Crippen LogP contribution is 2.31. The van der Waals surface area contributed by atoms with Gasteiger partial charge >= 0.3 is 0 Å². The molecule has 0 aromatic heterocycles. The Morgan fingerprint density at radius 1 is 1.47 bits per heavy atom. The summed E-state index contributed by atoms with van der Waals surface area (Å²) in [6.45, 7) is 0. The molecule has 1 saturated carbocycles. The van der Waals surface area contributed by atoms with E-state index in [1.165, 1.54) is 12.1 Å². The third-order valence-electron chi connectivity index (χ3n) is 2.68. The van der Waals surface area contributed by atoms with E-state index < -0.39 is 0 Å². The van der Waals surface area contributed by atoms with Gasteiger partial charge in [0.1, 0.15) is 11.6 Å². The first kappa shape index (κ1) is 10.6. The number of rotatable bonds is 4. The van der Waals surface area contributed by atoms with Crippen molar-refractivity contribution < 1.29 is 9.18 Å². The summed E-state index contributed by atoms with van der Waals surface area (Å²) in [5.41, 5.74) is 0.538. The SMILES string of the molecule is O=C(CCc1cc(Cl)ccc1F)C1CC1. The van der Waals surface area contributed by atoms with Crippen molar-refractivity contribution in [1.82, 2.24) is 0 Å². The van der Waals surface area contributed by atoms with E-state index in [4.69, 9.17) is 11.6 Å². The Morgan fingerprint density at radius 3 is 2.87 bits per heavy atom. The summed E-state index contributed by atoms with van der Waals surface area (Å²) in [6, 6.07) is 4.46. The summed E-state index contributed by atoms with van der Waals surface area (Å²) in [7, 11) is 0. The first-order valence-electron chi connectivity index (χ1n) is 5.13. The maximum Gasteiger partial charge on any atom is 0.136 e. The minimum atomic E-state index is -0.275. The minimum absolute atomic E-state index is 0.257. The molecular formula is C12H12ClFO. The highest BCUT2D eigenvalue weighted by atomic mass is 35.5. The van der Waals surface area contributed by atoms with Crippen LogP contribution in [0.15, 0.2) is 18.2 Å². The molecule has 0 bridgehead atoms. The van der Waals surface area contributed by atoms with E-state index in [1.807, 2.05) is 0 Å². The van der Waals surface area contributed by atoms with Gasteiger partial charge in [-0.2, -0.15) is 0 Å². The predicted octanol–water partition coefficient (Wildman–Crippen LogP) is 3.39. The van der Waals surface area contributed by atoms with Crippen LogP contribution in [0.2, 0.25) is 5.02 Å². The fourth-order valence-electron chi connectivity index (χ4n) is 1.60. The van der Waals surface area contributed by atoms with Crippen LogP contribution in [0.1, 0.15) is 24.8 Å². The second kappa shape index (κ2) is 4.31. The number of hydrogen-bond acceptors (Lipinski definition) is 1. The number of carbonyl (C=O) groups is 1. The van der Waals surface area contributed by atoms with Crippen molar-refractivity contribution in [2.45, 2.75) is 25.7 Å². The summed E-state index contributed by atoms with van der Waals surface area (Å²) >= 11 is 5.76. The zero-order chi connectivity index (χ0) is 10.8. The molecule has 0 heterocycles. The lowest BCUT2D eigenvalue weighted by Crippen LogP contribution is -2.03. The third kappa shape index (κ3) is 2.78. The van der Waals surface area contributed by atoms with E-state index in [2.05, 4.69) is 0 Å². The minimum Gasteiger partial charge on any atom is -0.299 e. The zero-order valence-corrected chi connectivity index (χ0v) is 9.06. The molecule has 0 amide bonds. The molecule has 1 aromatic rings. The van der Waals surface area contributed by atoms with E-state index in [-0.39, 0.29) is 17.5 Å². The second-order valence-electron chi connectivity index (χ2n) is 3.98. The molecule has 1 aromatic carbocycles. The van der Waals surface area contributed by atoms with Gasteiger partial charge in [-0.25, -0.2) is 4.39 Å². The number of hydrogen-bond donors (Lipinski definition) is 0. The number of benzene rings is 1. The summed E-state index contributed by atoms with van der Waals surface area (Å²) in [6.07, 6.45) is 2.91. The monoisotopic (exact) mass is 226 g/mol. The van der Waals surface area contributed by atoms with Crippen molar-refractivity contribution in [2.24, 2.45) is 5.92 Å². The molecule has 0 spiro atoms. The molecule has 0 N–H and O–H groups in total. The van der Waals surface area contributed by atoms with E-state index >= 15 is 0 Å². The molecule has 3 heteroatoms. The Kier molecular flexibility index (Phi) is 3.06. The first-order chi connectivity index (χ1) is 7.16. The second-order valence-corrected chi connectivity index (χ2v) is 4.41. The molecule has 1 aliphatic rings. The number of carbonyl (C=O) groups excluding carboxylic acids is 1. The molecule has 0 saturated heterocycles. The van der Waals surface area contributed by atoms with Gasteiger partial charge in [0.05, 0.1) is 0 Å². The van der Waals surface area contributed by atoms with Crippen LogP contribution in [0, 0.1) is 11.7 Å². The van der Waals surface area contributed by atoms with Crippen LogP contribution < -0.4 is 0 Å². The highest BCUT2D eigenvalue weighted by molar-refractivity contribution is 6.30. The van der Waals surface area contributed by atoms with Crippen molar-refractivity contribution in [3.63, 3.8) is 0 Å². The fraction of sp³-hybridized carbons (Fsp3) is 0.417. The molecule has 80 valence electrons. The van der Waals surface area contributed by atoms with Gasteiger partial charge in [-0.05, 0) is 43.0 Å². The molecular weight excluding hydrogens is 215 g/mol. The predicted molar refractivity (Wildman–Crippen MR) is 57.5 cm³/mol. The van der Waals surface area contributed by atoms with Crippen LogP contribution in [-0.2, 0) is 11.2 Å². The van der Waals surface area contributed by atoms with Gasteiger partial charge < -0.3 is 0 Å². The Balaban J connectivity index is 1.97. The van der Waals surface area contributed by atoms with Crippen LogP contribution in [-0.4, -0.2) is 5.78 Å². The smallest absolute Gasteiger partial charge is 0.136 e. The van der Waals surface area contributed by atoms with Gasteiger partial charge in [-0.15, -0.1) is 0 Å². The number of Topliss-reactive ketones (excluding diaryl/α,β-unsaturated/α-hetero) is 1. The lowest BCUT2D eigenvalue weighted by molar-refractivity contribution is -0.120. The maximum atomic E-state index is 13.3. The fourth-order valence-corrected chi connectivity index (χ4v) is 1.80. The van der Waals surface area contributed by atoms with Gasteiger partial charge in [0.15, 0.2) is 0 Å². The van der Waals surface area contributed by atoms with E-state index in [0.29, 0.717) is 23.4 Å². The van der Waals surface area contributed by atoms with Crippen LogP contribution >= 0.6 is 11.6 Å². The Bertz CT molecular complexity index is 385. The maximum absolute atomic E-state index is 13.3. The van der Waals surface area contributed by atoms with E-state index in [9.17, 15) is 9.18 Å². The normalized spacial score (nSPS) is 15.3. The van der Waals surface area contributed by atoms with Gasteiger partial charge in [-0.3, -0.25) is 4.79 Å². The standard InChI is InChI=1S/C12H12ClFO/c13-10-4-5-11(14)9(7-10)3-6-12(15)8-1-2-8/h4-5,7-8H,1-3,6H2. The van der Waals surface area contributed by atoms with Crippen LogP contribution in [0.3, 0.4) is 0 Å². The topological polar surface area (TPSA) is 17.1 Å². The quantitative estimate of drug-likeness (QED) is 0.769. The van der Waals surface area contributed by atoms with Gasteiger partial charge in [0, 0.05) is 17.4 Å². The molecule has 1 aliphatic carbocycles. The van der Waals surface area contributed by atoms with Crippen molar-refractivity contribution >= 4 is 17.4 Å². The van der Waals surface area contributed by atoms with Crippen molar-refractivity contribution in [3.05, 3.63) is 34.6 Å². The summed E-state index contributed by atoms with van der Waals surface area (Å²) in [5.74, 6) is 0.240.